The van der Waals surface area contributed by atoms with Gasteiger partial charge in [0.15, 0.2) is 0 Å². The Morgan fingerprint density at radius 1 is 1.09 bits per heavy atom. The maximum Gasteiger partial charge on any atom is 0.300 e. The van der Waals surface area contributed by atoms with Gasteiger partial charge in [0.2, 0.25) is 5.91 Å². The van der Waals surface area contributed by atoms with Crippen LogP contribution in [-0.4, -0.2) is 40.9 Å². The number of carbonyl (C=O) groups is 3. The molecule has 0 atom stereocenters. The van der Waals surface area contributed by atoms with Crippen molar-refractivity contribution in [1.29, 1.82) is 0 Å². The summed E-state index contributed by atoms with van der Waals surface area (Å²) in [4.78, 5) is 34.2. The summed E-state index contributed by atoms with van der Waals surface area (Å²) in [7, 11) is 0. The summed E-state index contributed by atoms with van der Waals surface area (Å²) in [5.74, 6) is -1.39. The predicted molar refractivity (Wildman–Crippen MR) is 84.8 cm³/mol. The number of carboxylic acids is 1. The normalized spacial score (nSPS) is 9.41. The summed E-state index contributed by atoms with van der Waals surface area (Å²) in [5, 5.41) is 7.42. The third kappa shape index (κ3) is 7.42. The van der Waals surface area contributed by atoms with Crippen LogP contribution in [0.4, 0.5) is 0 Å². The molecule has 0 aliphatic heterocycles. The number of nitrogens with two attached hydrogens (primary N) is 1. The second kappa shape index (κ2) is 10.4. The monoisotopic (exact) mass is 308 g/mol. The van der Waals surface area contributed by atoms with Crippen molar-refractivity contribution in [2.45, 2.75) is 33.6 Å². The third-order valence-electron chi connectivity index (χ3n) is 2.67. The molecule has 0 heterocycles. The molecule has 0 spiro atoms. The van der Waals surface area contributed by atoms with Gasteiger partial charge in [0, 0.05) is 31.1 Å². The van der Waals surface area contributed by atoms with Crippen molar-refractivity contribution >= 4 is 17.8 Å². The van der Waals surface area contributed by atoms with E-state index in [2.05, 4.69) is 0 Å². The third-order valence-corrected chi connectivity index (χ3v) is 2.67. The number of primary amides is 1. The largest absolute Gasteiger partial charge is 0.481 e. The van der Waals surface area contributed by atoms with Gasteiger partial charge in [-0.15, -0.1) is 0 Å². The van der Waals surface area contributed by atoms with Gasteiger partial charge in [-0.1, -0.05) is 19.9 Å². The molecule has 0 saturated carbocycles. The molecule has 0 aliphatic rings. The zero-order valence-electron chi connectivity index (χ0n) is 13.3. The van der Waals surface area contributed by atoms with E-state index in [-0.39, 0.29) is 5.91 Å². The second-order valence-corrected chi connectivity index (χ2v) is 4.76. The number of aliphatic carboxylic acids is 1. The van der Waals surface area contributed by atoms with Gasteiger partial charge in [0.05, 0.1) is 0 Å². The average Bonchev–Trinajstić information content (AvgIpc) is 2.46. The van der Waals surface area contributed by atoms with Crippen LogP contribution in [0, 0.1) is 0 Å². The van der Waals surface area contributed by atoms with Crippen molar-refractivity contribution in [2.75, 3.05) is 13.1 Å². The Kier molecular flexibility index (Phi) is 9.25. The highest BCUT2D eigenvalue weighted by molar-refractivity contribution is 5.99. The van der Waals surface area contributed by atoms with Crippen LogP contribution in [0.3, 0.4) is 0 Å². The fourth-order valence-corrected chi connectivity index (χ4v) is 1.84. The molecule has 22 heavy (non-hydrogen) atoms. The number of hydrogen-bond donors (Lipinski definition) is 2. The summed E-state index contributed by atoms with van der Waals surface area (Å²) in [6.07, 6.45) is 1.84. The Morgan fingerprint density at radius 3 is 1.95 bits per heavy atom. The van der Waals surface area contributed by atoms with Crippen molar-refractivity contribution in [3.63, 3.8) is 0 Å². The zero-order chi connectivity index (χ0) is 17.1. The minimum Gasteiger partial charge on any atom is -0.481 e. The van der Waals surface area contributed by atoms with Crippen LogP contribution in [0.2, 0.25) is 0 Å². The zero-order valence-corrected chi connectivity index (χ0v) is 13.3. The van der Waals surface area contributed by atoms with E-state index >= 15 is 0 Å². The minimum absolute atomic E-state index is 0.0400. The lowest BCUT2D eigenvalue weighted by atomic mass is 10.1. The number of nitrogens with zero attached hydrogens (tertiary/aromatic N) is 1. The average molecular weight is 308 g/mol. The second-order valence-electron chi connectivity index (χ2n) is 4.76. The molecule has 0 aromatic heterocycles. The summed E-state index contributed by atoms with van der Waals surface area (Å²) in [5.41, 5.74) is 6.10. The van der Waals surface area contributed by atoms with Crippen molar-refractivity contribution < 1.29 is 19.5 Å². The minimum atomic E-state index is -0.833. The standard InChI is InChI=1S/C14H20N2O2.C2H4O2/c1-3-8-16(9-4-2)14(18)12-7-5-6-11(10-12)13(15)17;1-2(3)4/h5-7,10H,3-4,8-9H2,1-2H3,(H2,15,17);1H3,(H,3,4). The van der Waals surface area contributed by atoms with Gasteiger partial charge >= 0.3 is 0 Å². The maximum absolute atomic E-state index is 12.3. The lowest BCUT2D eigenvalue weighted by Gasteiger charge is -2.21. The molecule has 1 rings (SSSR count). The van der Waals surface area contributed by atoms with Crippen molar-refractivity contribution in [2.24, 2.45) is 5.73 Å². The molecule has 0 aliphatic carbocycles. The van der Waals surface area contributed by atoms with E-state index in [1.165, 1.54) is 0 Å². The fourth-order valence-electron chi connectivity index (χ4n) is 1.84. The molecule has 0 radical (unpaired) electrons. The Morgan fingerprint density at radius 2 is 1.55 bits per heavy atom. The van der Waals surface area contributed by atoms with Gasteiger partial charge in [0.25, 0.3) is 11.9 Å². The smallest absolute Gasteiger partial charge is 0.300 e. The van der Waals surface area contributed by atoms with Crippen LogP contribution in [0.1, 0.15) is 54.3 Å². The lowest BCUT2D eigenvalue weighted by Crippen LogP contribution is -2.32. The van der Waals surface area contributed by atoms with Crippen molar-refractivity contribution in [3.05, 3.63) is 35.4 Å². The molecular formula is C16H24N2O4. The number of hydrogen-bond acceptors (Lipinski definition) is 3. The van der Waals surface area contributed by atoms with Crippen LogP contribution in [-0.2, 0) is 4.79 Å². The summed E-state index contributed by atoms with van der Waals surface area (Å²) < 4.78 is 0. The highest BCUT2D eigenvalue weighted by atomic mass is 16.4. The quantitative estimate of drug-likeness (QED) is 0.840. The van der Waals surface area contributed by atoms with E-state index in [0.717, 1.165) is 32.9 Å². The van der Waals surface area contributed by atoms with E-state index in [1.807, 2.05) is 13.8 Å². The lowest BCUT2D eigenvalue weighted by molar-refractivity contribution is -0.134. The van der Waals surface area contributed by atoms with Crippen LogP contribution in [0.5, 0.6) is 0 Å². The Hall–Kier alpha value is -2.37. The molecule has 0 saturated heterocycles. The van der Waals surface area contributed by atoms with E-state index in [9.17, 15) is 9.59 Å². The van der Waals surface area contributed by atoms with Crippen molar-refractivity contribution in [1.82, 2.24) is 4.90 Å². The first-order valence-corrected chi connectivity index (χ1v) is 7.22. The highest BCUT2D eigenvalue weighted by Gasteiger charge is 2.15. The van der Waals surface area contributed by atoms with Gasteiger partial charge in [-0.25, -0.2) is 0 Å². The topological polar surface area (TPSA) is 101 Å². The Labute approximate surface area is 130 Å². The molecular weight excluding hydrogens is 284 g/mol. The van der Waals surface area contributed by atoms with Crippen molar-refractivity contribution in [3.8, 4) is 0 Å². The molecule has 3 N–H and O–H groups in total. The van der Waals surface area contributed by atoms with Gasteiger partial charge in [-0.3, -0.25) is 14.4 Å². The molecule has 0 unspecified atom stereocenters. The van der Waals surface area contributed by atoms with Gasteiger partial charge in [-0.05, 0) is 31.0 Å². The van der Waals surface area contributed by atoms with Crippen LogP contribution >= 0.6 is 0 Å². The SMILES string of the molecule is CC(=O)O.CCCN(CCC)C(=O)c1cccc(C(N)=O)c1. The number of rotatable bonds is 6. The first kappa shape index (κ1) is 19.6. The number of benzene rings is 1. The number of carbonyl (C=O) groups excluding carboxylic acids is 2. The predicted octanol–water partition coefficient (Wildman–Crippen LogP) is 2.14. The van der Waals surface area contributed by atoms with E-state index in [1.54, 1.807) is 29.2 Å². The summed E-state index contributed by atoms with van der Waals surface area (Å²) in [6.45, 7) is 6.62. The molecule has 0 fully saturated rings. The van der Waals surface area contributed by atoms with Crippen LogP contribution in [0.25, 0.3) is 0 Å². The first-order chi connectivity index (χ1) is 10.3. The molecule has 6 nitrogen and oxygen atoms in total. The number of carboxylic acid groups (broad SMARTS) is 1. The summed E-state index contributed by atoms with van der Waals surface area (Å²) >= 11 is 0. The summed E-state index contributed by atoms with van der Waals surface area (Å²) in [6, 6.07) is 6.57. The van der Waals surface area contributed by atoms with Gasteiger partial charge in [-0.2, -0.15) is 0 Å². The molecule has 1 aromatic carbocycles. The maximum atomic E-state index is 12.3. The molecule has 0 bridgehead atoms. The fraction of sp³-hybridized carbons (Fsp3) is 0.438. The number of amides is 2. The van der Waals surface area contributed by atoms with Crippen LogP contribution < -0.4 is 5.73 Å². The molecule has 2 amide bonds. The van der Waals surface area contributed by atoms with E-state index in [4.69, 9.17) is 15.6 Å². The van der Waals surface area contributed by atoms with Gasteiger partial charge in [0.1, 0.15) is 0 Å². The van der Waals surface area contributed by atoms with Crippen LogP contribution in [0.15, 0.2) is 24.3 Å². The molecule has 122 valence electrons. The Balaban J connectivity index is 0.000000980. The molecule has 1 aromatic rings. The highest BCUT2D eigenvalue weighted by Crippen LogP contribution is 2.09. The van der Waals surface area contributed by atoms with E-state index in [0.29, 0.717) is 11.1 Å². The van der Waals surface area contributed by atoms with Gasteiger partial charge < -0.3 is 15.7 Å². The van der Waals surface area contributed by atoms with E-state index < -0.39 is 11.9 Å². The molecule has 6 heteroatoms. The first-order valence-electron chi connectivity index (χ1n) is 7.22. The Bertz CT molecular complexity index is 505.